The number of aromatic nitrogens is 3. The first-order valence-corrected chi connectivity index (χ1v) is 36.4. The molecule has 0 fully saturated rings. The Labute approximate surface area is 598 Å². The van der Waals surface area contributed by atoms with Gasteiger partial charge in [-0.3, -0.25) is 0 Å². The molecule has 15 aromatic carbocycles. The molecule has 21 aromatic rings. The molecule has 0 aliphatic rings. The number of benzene rings is 15. The van der Waals surface area contributed by atoms with Gasteiger partial charge in [0.2, 0.25) is 17.7 Å². The molecule has 0 aliphatic carbocycles. The fourth-order valence-corrected chi connectivity index (χ4v) is 17.7. The Kier molecular flexibility index (Phi) is 15.4. The first kappa shape index (κ1) is 60.5. The molecule has 21 rings (SSSR count). The SMILES string of the molecule is c1ccc(-c2ccc3nc(-c4ccc(-c5cccc6c5sc5ccccc56)cc4)oc3c2)cc1.c1ccc(-c2ccc3oc(-c4ccc(-c5cccc6c5sc5ccccc56)cc4)nc3c2)cc1.c1ccc(-c2cccc3nc(-c4ccc(-c5cccc6c5sc5ccccc56)cc4)oc23)cc1. The highest BCUT2D eigenvalue weighted by Crippen LogP contribution is 2.45. The van der Waals surface area contributed by atoms with Gasteiger partial charge in [0, 0.05) is 82.8 Å². The Morgan fingerprint density at radius 3 is 1.01 bits per heavy atom. The van der Waals surface area contributed by atoms with Crippen LogP contribution >= 0.6 is 34.0 Å². The molecule has 0 radical (unpaired) electrons. The van der Waals surface area contributed by atoms with Crippen LogP contribution in [0.3, 0.4) is 0 Å². The van der Waals surface area contributed by atoms with Crippen molar-refractivity contribution in [3.63, 3.8) is 0 Å². The van der Waals surface area contributed by atoms with Crippen LogP contribution in [0.15, 0.2) is 359 Å². The first-order valence-electron chi connectivity index (χ1n) is 33.9. The van der Waals surface area contributed by atoms with Gasteiger partial charge in [0.25, 0.3) is 0 Å². The van der Waals surface area contributed by atoms with E-state index in [1.807, 2.05) is 101 Å². The van der Waals surface area contributed by atoms with Gasteiger partial charge in [0.1, 0.15) is 16.6 Å². The van der Waals surface area contributed by atoms with E-state index < -0.39 is 0 Å². The lowest BCUT2D eigenvalue weighted by molar-refractivity contribution is 0.619. The third kappa shape index (κ3) is 11.3. The standard InChI is InChI=1S/3C31H19NOS/c1-2-8-20(9-3-1)23-11-7-14-27-29(23)33-31(32-27)22-18-16-21(17-19-22)24-12-6-13-26-25-10-4-5-15-28(25)34-30(24)26;1-2-7-20(8-3-1)23-17-18-28-27(19-23)32-31(33-28)22-15-13-21(14-16-22)24-10-6-11-26-25-9-4-5-12-29(25)34-30(24)26;1-2-7-20(8-3-1)23-17-18-27-28(19-23)33-31(32-27)22-15-13-21(14-16-22)24-10-6-11-26-25-9-4-5-12-29(25)34-30(24)26/h3*1-19H. The molecule has 0 unspecified atom stereocenters. The quantitative estimate of drug-likeness (QED) is 0.143. The van der Waals surface area contributed by atoms with Crippen molar-refractivity contribution >= 4 is 128 Å². The van der Waals surface area contributed by atoms with E-state index >= 15 is 0 Å². The lowest BCUT2D eigenvalue weighted by Crippen LogP contribution is -1.81. The summed E-state index contributed by atoms with van der Waals surface area (Å²) in [7, 11) is 0. The Hall–Kier alpha value is -12.6. The van der Waals surface area contributed by atoms with E-state index in [-0.39, 0.29) is 0 Å². The molecule has 480 valence electrons. The minimum Gasteiger partial charge on any atom is -0.436 e. The molecule has 0 aliphatic heterocycles. The van der Waals surface area contributed by atoms with Gasteiger partial charge in [-0.05, 0) is 146 Å². The molecule has 102 heavy (non-hydrogen) atoms. The summed E-state index contributed by atoms with van der Waals surface area (Å²) in [4.78, 5) is 14.3. The van der Waals surface area contributed by atoms with Crippen LogP contribution in [0.5, 0.6) is 0 Å². The fourth-order valence-electron chi connectivity index (χ4n) is 13.9. The third-order valence-electron chi connectivity index (χ3n) is 19.0. The van der Waals surface area contributed by atoms with Gasteiger partial charge >= 0.3 is 0 Å². The van der Waals surface area contributed by atoms with Crippen molar-refractivity contribution in [3.05, 3.63) is 346 Å². The zero-order valence-electron chi connectivity index (χ0n) is 54.7. The lowest BCUT2D eigenvalue weighted by Gasteiger charge is -2.05. The molecule has 6 nitrogen and oxygen atoms in total. The van der Waals surface area contributed by atoms with E-state index in [4.69, 9.17) is 28.2 Å². The molecule has 0 saturated heterocycles. The molecule has 0 saturated carbocycles. The number of rotatable bonds is 9. The van der Waals surface area contributed by atoms with Gasteiger partial charge < -0.3 is 13.3 Å². The Morgan fingerprint density at radius 2 is 0.529 bits per heavy atom. The van der Waals surface area contributed by atoms with Crippen LogP contribution in [-0.4, -0.2) is 15.0 Å². The van der Waals surface area contributed by atoms with E-state index in [0.29, 0.717) is 17.7 Å². The molecule has 0 atom stereocenters. The van der Waals surface area contributed by atoms with Crippen LogP contribution in [0, 0.1) is 0 Å². The van der Waals surface area contributed by atoms with Crippen molar-refractivity contribution in [2.24, 2.45) is 0 Å². The molecule has 9 heteroatoms. The summed E-state index contributed by atoms with van der Waals surface area (Å²) in [6, 6.07) is 121. The predicted molar refractivity (Wildman–Crippen MR) is 430 cm³/mol. The van der Waals surface area contributed by atoms with Crippen molar-refractivity contribution in [1.29, 1.82) is 0 Å². The average Bonchev–Trinajstić information content (AvgIpc) is 1.63. The number of thiophene rings is 3. The van der Waals surface area contributed by atoms with Gasteiger partial charge in [-0.25, -0.2) is 15.0 Å². The number of oxazole rings is 3. The molecular formula is C93H57N3O3S3. The second-order valence-corrected chi connectivity index (χ2v) is 28.4. The largest absolute Gasteiger partial charge is 0.436 e. The van der Waals surface area contributed by atoms with Gasteiger partial charge in [0.05, 0.1) is 0 Å². The summed E-state index contributed by atoms with van der Waals surface area (Å²) in [6.45, 7) is 0. The van der Waals surface area contributed by atoms with Crippen LogP contribution in [0.4, 0.5) is 0 Å². The van der Waals surface area contributed by atoms with Crippen LogP contribution in [0.25, 0.3) is 195 Å². The highest BCUT2D eigenvalue weighted by molar-refractivity contribution is 7.27. The number of fused-ring (bicyclic) bond motifs is 12. The van der Waals surface area contributed by atoms with E-state index in [1.54, 1.807) is 0 Å². The van der Waals surface area contributed by atoms with Gasteiger partial charge in [-0.1, -0.05) is 261 Å². The zero-order chi connectivity index (χ0) is 67.5. The molecule has 0 N–H and O–H groups in total. The van der Waals surface area contributed by atoms with Crippen molar-refractivity contribution in [2.45, 2.75) is 0 Å². The summed E-state index contributed by atoms with van der Waals surface area (Å²) in [5.41, 5.74) is 22.1. The second kappa shape index (κ2) is 25.9. The lowest BCUT2D eigenvalue weighted by atomic mass is 10.0. The summed E-state index contributed by atoms with van der Waals surface area (Å²) < 4.78 is 26.5. The minimum atomic E-state index is 0.644. The monoisotopic (exact) mass is 1360 g/mol. The van der Waals surface area contributed by atoms with Crippen LogP contribution in [0.2, 0.25) is 0 Å². The number of hydrogen-bond acceptors (Lipinski definition) is 9. The maximum absolute atomic E-state index is 6.29. The molecule has 0 spiro atoms. The third-order valence-corrected chi connectivity index (χ3v) is 22.7. The van der Waals surface area contributed by atoms with E-state index in [1.165, 1.54) is 105 Å². The zero-order valence-corrected chi connectivity index (χ0v) is 57.1. The predicted octanol–water partition coefficient (Wildman–Crippen LogP) is 27.6. The fraction of sp³-hybridized carbons (Fsp3) is 0. The van der Waals surface area contributed by atoms with Crippen LogP contribution in [0.1, 0.15) is 0 Å². The normalized spacial score (nSPS) is 11.5. The number of nitrogens with zero attached hydrogens (tertiary/aromatic N) is 3. The van der Waals surface area contributed by atoms with Crippen LogP contribution in [-0.2, 0) is 0 Å². The average molecular weight is 1360 g/mol. The van der Waals surface area contributed by atoms with E-state index in [2.05, 4.69) is 279 Å². The summed E-state index contributed by atoms with van der Waals surface area (Å²) in [5.74, 6) is 1.93. The van der Waals surface area contributed by atoms with Crippen molar-refractivity contribution in [2.75, 3.05) is 0 Å². The smallest absolute Gasteiger partial charge is 0.227 e. The highest BCUT2D eigenvalue weighted by atomic mass is 32.1. The molecule has 6 heterocycles. The van der Waals surface area contributed by atoms with E-state index in [9.17, 15) is 0 Å². The summed E-state index contributed by atoms with van der Waals surface area (Å²) in [5, 5.41) is 7.91. The van der Waals surface area contributed by atoms with Crippen LogP contribution < -0.4 is 0 Å². The maximum atomic E-state index is 6.29. The van der Waals surface area contributed by atoms with Crippen molar-refractivity contribution in [3.8, 4) is 101 Å². The molecular weight excluding hydrogens is 1300 g/mol. The Balaban J connectivity index is 0.000000106. The second-order valence-electron chi connectivity index (χ2n) is 25.2. The molecule has 0 amide bonds. The van der Waals surface area contributed by atoms with Crippen molar-refractivity contribution < 1.29 is 13.3 Å². The van der Waals surface area contributed by atoms with Gasteiger partial charge in [0.15, 0.2) is 16.7 Å². The molecule has 6 aromatic heterocycles. The minimum absolute atomic E-state index is 0.644. The van der Waals surface area contributed by atoms with Gasteiger partial charge in [-0.15, -0.1) is 34.0 Å². The highest BCUT2D eigenvalue weighted by Gasteiger charge is 2.19. The topological polar surface area (TPSA) is 78.1 Å². The number of para-hydroxylation sites is 1. The Bertz CT molecular complexity index is 6390. The first-order chi connectivity index (χ1) is 50.5. The Morgan fingerprint density at radius 1 is 0.196 bits per heavy atom. The summed E-state index contributed by atoms with van der Waals surface area (Å²) >= 11 is 5.57. The maximum Gasteiger partial charge on any atom is 0.227 e. The molecule has 0 bridgehead atoms. The van der Waals surface area contributed by atoms with Crippen molar-refractivity contribution in [1.82, 2.24) is 15.0 Å². The summed E-state index contributed by atoms with van der Waals surface area (Å²) in [6.07, 6.45) is 0. The van der Waals surface area contributed by atoms with E-state index in [0.717, 1.165) is 72.2 Å². The van der Waals surface area contributed by atoms with Gasteiger partial charge in [-0.2, -0.15) is 0 Å². The number of hydrogen-bond donors (Lipinski definition) is 0.